The van der Waals surface area contributed by atoms with Gasteiger partial charge in [0, 0.05) is 26.0 Å². The number of hydrogen-bond donors (Lipinski definition) is 2. The number of likely N-dealkylation sites (N-methyl/N-ethyl adjacent to an activating group) is 1. The van der Waals surface area contributed by atoms with Crippen molar-refractivity contribution in [3.05, 3.63) is 11.6 Å². The second-order valence-corrected chi connectivity index (χ2v) is 14.0. The van der Waals surface area contributed by atoms with E-state index in [1.54, 1.807) is 7.11 Å². The van der Waals surface area contributed by atoms with Crippen molar-refractivity contribution in [2.24, 2.45) is 17.8 Å². The number of rotatable bonds is 21. The summed E-state index contributed by atoms with van der Waals surface area (Å²) in [5, 5.41) is 5.88. The molecule has 2 saturated heterocycles. The fraction of sp³-hybridized carbons (Fsp3) is 0.857. The van der Waals surface area contributed by atoms with Gasteiger partial charge in [0.25, 0.3) is 0 Å². The van der Waals surface area contributed by atoms with Gasteiger partial charge in [-0.2, -0.15) is 0 Å². The first-order valence-electron chi connectivity index (χ1n) is 17.3. The third-order valence-electron chi connectivity index (χ3n) is 9.79. The van der Waals surface area contributed by atoms with Crippen molar-refractivity contribution in [3.8, 4) is 0 Å². The zero-order chi connectivity index (χ0) is 33.0. The number of ether oxygens (including phenoxy) is 5. The zero-order valence-electron chi connectivity index (χ0n) is 28.9. The Bertz CT molecular complexity index is 992. The van der Waals surface area contributed by atoms with Gasteiger partial charge in [0.1, 0.15) is 29.2 Å². The van der Waals surface area contributed by atoms with Crippen LogP contribution >= 0.6 is 0 Å². The van der Waals surface area contributed by atoms with Crippen molar-refractivity contribution in [2.45, 2.75) is 135 Å². The predicted molar refractivity (Wildman–Crippen MR) is 173 cm³/mol. The Morgan fingerprint density at radius 2 is 1.80 bits per heavy atom. The number of unbranched alkanes of at least 4 members (excludes halogenated alkanes) is 4. The molecule has 258 valence electrons. The lowest BCUT2D eigenvalue weighted by Gasteiger charge is -2.42. The van der Waals surface area contributed by atoms with Gasteiger partial charge in [0.15, 0.2) is 0 Å². The number of Topliss-reactive ketones (excluding diaryl/α,β-unsaturated/α-hetero) is 1. The molecule has 0 aromatic carbocycles. The van der Waals surface area contributed by atoms with Crippen LogP contribution in [0.2, 0.25) is 0 Å². The third-order valence-corrected chi connectivity index (χ3v) is 9.79. The lowest BCUT2D eigenvalue weighted by atomic mass is 9.68. The Morgan fingerprint density at radius 3 is 2.44 bits per heavy atom. The number of amides is 1. The van der Waals surface area contributed by atoms with E-state index in [2.05, 4.69) is 37.5 Å². The van der Waals surface area contributed by atoms with Gasteiger partial charge in [0.2, 0.25) is 0 Å². The summed E-state index contributed by atoms with van der Waals surface area (Å²) in [5.74, 6) is -0.0933. The number of epoxide rings is 2. The second-order valence-electron chi connectivity index (χ2n) is 14.0. The monoisotopic (exact) mass is 636 g/mol. The van der Waals surface area contributed by atoms with E-state index < -0.39 is 6.09 Å². The summed E-state index contributed by atoms with van der Waals surface area (Å²) in [6.07, 6.45) is 9.03. The molecule has 7 atom stereocenters. The van der Waals surface area contributed by atoms with Crippen LogP contribution in [-0.2, 0) is 33.3 Å². The summed E-state index contributed by atoms with van der Waals surface area (Å²) in [6, 6.07) is 0. The molecule has 1 aliphatic carbocycles. The van der Waals surface area contributed by atoms with Crippen molar-refractivity contribution in [3.63, 3.8) is 0 Å². The van der Waals surface area contributed by atoms with Gasteiger partial charge in [0.05, 0.1) is 38.2 Å². The van der Waals surface area contributed by atoms with E-state index in [1.165, 1.54) is 5.57 Å². The minimum Gasteiger partial charge on any atom is -0.460 e. The Hall–Kier alpha value is -2.01. The predicted octanol–water partition coefficient (Wildman–Crippen LogP) is 5.51. The number of alkyl carbamates (subject to hydrolysis) is 1. The first-order chi connectivity index (χ1) is 21.5. The van der Waals surface area contributed by atoms with Gasteiger partial charge in [-0.1, -0.05) is 51.7 Å². The maximum atomic E-state index is 13.2. The maximum absolute atomic E-state index is 13.2. The SMILES string of the molecule is CCNCC(=O)CCCCCCCNC(=O)OC[C@H](CC(=O)OC1CC[C@]2(CO2)C([C@@]2(C)O[C@@H]2CC=C(C)C)C1OC)C(C)C. The van der Waals surface area contributed by atoms with E-state index in [-0.39, 0.29) is 72.0 Å². The molecule has 1 saturated carbocycles. The maximum Gasteiger partial charge on any atom is 0.407 e. The Morgan fingerprint density at radius 1 is 1.09 bits per heavy atom. The molecular weight excluding hydrogens is 576 g/mol. The minimum absolute atomic E-state index is 0.0256. The number of carbonyl (C=O) groups is 3. The summed E-state index contributed by atoms with van der Waals surface area (Å²) < 4.78 is 29.9. The van der Waals surface area contributed by atoms with Gasteiger partial charge in [-0.25, -0.2) is 4.79 Å². The molecule has 3 rings (SSSR count). The standard InChI is InChI=1S/C35H60N2O8/c1-8-36-21-27(38)14-12-10-9-11-13-19-37-33(40)42-22-26(25(4)5)20-30(39)44-28-17-18-35(23-43-35)32(31(28)41-7)34(6)29(45-34)16-15-24(2)3/h15,25-26,28-29,31-32,36H,8-14,16-23H2,1-7H3,(H,37,40)/t26-,28?,29+,31?,32?,34-,35-/m0/s1. The zero-order valence-corrected chi connectivity index (χ0v) is 28.9. The van der Waals surface area contributed by atoms with E-state index in [9.17, 15) is 14.4 Å². The highest BCUT2D eigenvalue weighted by Gasteiger charge is 2.72. The van der Waals surface area contributed by atoms with Crippen molar-refractivity contribution >= 4 is 17.8 Å². The van der Waals surface area contributed by atoms with Gasteiger partial charge in [-0.15, -0.1) is 0 Å². The fourth-order valence-corrected chi connectivity index (χ4v) is 6.74. The molecule has 10 nitrogen and oxygen atoms in total. The van der Waals surface area contributed by atoms with Gasteiger partial charge >= 0.3 is 12.1 Å². The number of allylic oxidation sites excluding steroid dienone is 1. The average molecular weight is 637 g/mol. The van der Waals surface area contributed by atoms with E-state index in [4.69, 9.17) is 23.7 Å². The number of methoxy groups -OCH3 is 1. The molecule has 3 fully saturated rings. The van der Waals surface area contributed by atoms with Crippen molar-refractivity contribution in [2.75, 3.05) is 40.0 Å². The Balaban J connectivity index is 1.38. The van der Waals surface area contributed by atoms with Crippen LogP contribution in [-0.4, -0.2) is 87.3 Å². The summed E-state index contributed by atoms with van der Waals surface area (Å²) in [7, 11) is 1.68. The summed E-state index contributed by atoms with van der Waals surface area (Å²) in [6.45, 7) is 15.0. The quantitative estimate of drug-likeness (QED) is 0.0725. The lowest BCUT2D eigenvalue weighted by molar-refractivity contribution is -0.173. The van der Waals surface area contributed by atoms with Crippen LogP contribution in [0.25, 0.3) is 0 Å². The van der Waals surface area contributed by atoms with Crippen LogP contribution in [0.5, 0.6) is 0 Å². The molecule has 45 heavy (non-hydrogen) atoms. The first-order valence-corrected chi connectivity index (χ1v) is 17.3. The summed E-state index contributed by atoms with van der Waals surface area (Å²) >= 11 is 0. The molecule has 0 aromatic rings. The number of nitrogens with one attached hydrogen (secondary N) is 2. The van der Waals surface area contributed by atoms with E-state index in [0.29, 0.717) is 32.5 Å². The number of hydrogen-bond acceptors (Lipinski definition) is 9. The van der Waals surface area contributed by atoms with Gasteiger partial charge in [-0.05, 0) is 65.3 Å². The largest absolute Gasteiger partial charge is 0.460 e. The third kappa shape index (κ3) is 11.3. The van der Waals surface area contributed by atoms with Crippen molar-refractivity contribution in [1.29, 1.82) is 0 Å². The van der Waals surface area contributed by atoms with Crippen LogP contribution in [0.4, 0.5) is 4.79 Å². The molecule has 0 aromatic heterocycles. The smallest absolute Gasteiger partial charge is 0.407 e. The highest BCUT2D eigenvalue weighted by molar-refractivity contribution is 5.80. The van der Waals surface area contributed by atoms with E-state index in [1.807, 2.05) is 20.8 Å². The Kier molecular flexibility index (Phi) is 14.8. The number of ketones is 1. The minimum atomic E-state index is -0.465. The molecule has 0 radical (unpaired) electrons. The summed E-state index contributed by atoms with van der Waals surface area (Å²) in [5.41, 5.74) is 0.603. The molecule has 2 aliphatic heterocycles. The highest BCUT2D eigenvalue weighted by atomic mass is 16.6. The van der Waals surface area contributed by atoms with E-state index in [0.717, 1.165) is 51.5 Å². The van der Waals surface area contributed by atoms with Crippen LogP contribution in [0, 0.1) is 17.8 Å². The Labute approximate surface area is 271 Å². The molecule has 3 unspecified atom stereocenters. The molecule has 2 heterocycles. The summed E-state index contributed by atoms with van der Waals surface area (Å²) in [4.78, 5) is 37.2. The molecule has 3 aliphatic rings. The van der Waals surface area contributed by atoms with Crippen LogP contribution in [0.15, 0.2) is 11.6 Å². The van der Waals surface area contributed by atoms with Crippen LogP contribution in [0.3, 0.4) is 0 Å². The van der Waals surface area contributed by atoms with E-state index >= 15 is 0 Å². The number of esters is 1. The van der Waals surface area contributed by atoms with Gasteiger partial charge < -0.3 is 34.3 Å². The van der Waals surface area contributed by atoms with Crippen LogP contribution in [0.1, 0.15) is 106 Å². The normalized spacial score (nSPS) is 29.2. The molecule has 0 bridgehead atoms. The highest BCUT2D eigenvalue weighted by Crippen LogP contribution is 2.59. The van der Waals surface area contributed by atoms with Crippen LogP contribution < -0.4 is 10.6 Å². The van der Waals surface area contributed by atoms with Crippen molar-refractivity contribution in [1.82, 2.24) is 10.6 Å². The van der Waals surface area contributed by atoms with Crippen molar-refractivity contribution < 1.29 is 38.1 Å². The molecule has 1 amide bonds. The average Bonchev–Trinajstić information content (AvgIpc) is 3.91. The topological polar surface area (TPSA) is 128 Å². The molecular formula is C35H60N2O8. The number of carbonyl (C=O) groups excluding carboxylic acids is 3. The molecule has 1 spiro atoms. The fourth-order valence-electron chi connectivity index (χ4n) is 6.74. The molecule has 2 N–H and O–H groups in total. The lowest BCUT2D eigenvalue weighted by Crippen LogP contribution is -2.55. The molecule has 10 heteroatoms. The first kappa shape index (κ1) is 37.4. The second kappa shape index (κ2) is 17.8. The van der Waals surface area contributed by atoms with Gasteiger partial charge in [-0.3, -0.25) is 9.59 Å².